The Hall–Kier alpha value is -1.39. The normalized spacial score (nSPS) is 24.3. The number of hydrogen-bond acceptors (Lipinski definition) is 4. The molecular weight excluding hydrogens is 194 g/mol. The van der Waals surface area contributed by atoms with Gasteiger partial charge < -0.3 is 4.52 Å². The highest BCUT2D eigenvalue weighted by atomic mass is 16.5. The first-order valence-corrected chi connectivity index (χ1v) is 5.42. The lowest BCUT2D eigenvalue weighted by Crippen LogP contribution is -2.43. The number of nitrogens with zero attached hydrogens (tertiary/aromatic N) is 3. The predicted molar refractivity (Wildman–Crippen MR) is 52.2 cm³/mol. The smallest absolute Gasteiger partial charge is 0.255 e. The molecule has 80 valence electrons. The van der Waals surface area contributed by atoms with Crippen LogP contribution >= 0.6 is 0 Å². The van der Waals surface area contributed by atoms with Gasteiger partial charge in [-0.15, -0.1) is 5.10 Å². The van der Waals surface area contributed by atoms with Crippen molar-refractivity contribution >= 4 is 11.8 Å². The highest BCUT2D eigenvalue weighted by molar-refractivity contribution is 5.96. The van der Waals surface area contributed by atoms with E-state index in [0.717, 1.165) is 19.3 Å². The zero-order valence-corrected chi connectivity index (χ0v) is 8.48. The van der Waals surface area contributed by atoms with Crippen molar-refractivity contribution in [1.82, 2.24) is 10.4 Å². The van der Waals surface area contributed by atoms with Crippen LogP contribution in [0.1, 0.15) is 38.5 Å². The van der Waals surface area contributed by atoms with Crippen LogP contribution in [0.2, 0.25) is 0 Å². The van der Waals surface area contributed by atoms with E-state index in [0.29, 0.717) is 12.3 Å². The monoisotopic (exact) mass is 207 g/mol. The van der Waals surface area contributed by atoms with Crippen molar-refractivity contribution in [2.75, 3.05) is 4.90 Å². The molecule has 0 radical (unpaired) electrons. The lowest BCUT2D eigenvalue weighted by atomic mass is 9.94. The summed E-state index contributed by atoms with van der Waals surface area (Å²) in [4.78, 5) is 13.6. The minimum atomic E-state index is 0.0122. The molecule has 1 amide bonds. The minimum absolute atomic E-state index is 0.0122. The number of rotatable bonds is 1. The van der Waals surface area contributed by atoms with Crippen molar-refractivity contribution in [3.63, 3.8) is 0 Å². The van der Waals surface area contributed by atoms with E-state index >= 15 is 0 Å². The van der Waals surface area contributed by atoms with Crippen LogP contribution in [0.4, 0.5) is 5.88 Å². The fourth-order valence-corrected chi connectivity index (χ4v) is 2.95. The fraction of sp³-hybridized carbons (Fsp3) is 0.700. The average Bonchev–Trinajstić information content (AvgIpc) is 2.90. The van der Waals surface area contributed by atoms with Gasteiger partial charge in [-0.25, -0.2) is 0 Å². The van der Waals surface area contributed by atoms with E-state index in [1.54, 1.807) is 4.90 Å². The van der Waals surface area contributed by atoms with Gasteiger partial charge in [0.25, 0.3) is 5.88 Å². The highest BCUT2D eigenvalue weighted by Crippen LogP contribution is 2.45. The zero-order valence-electron chi connectivity index (χ0n) is 8.48. The molecule has 5 heteroatoms. The molecule has 0 aromatic carbocycles. The number of anilines is 1. The summed E-state index contributed by atoms with van der Waals surface area (Å²) in [6.07, 6.45) is 7.67. The number of aromatic nitrogens is 2. The molecule has 0 N–H and O–H groups in total. The predicted octanol–water partition coefficient (Wildman–Crippen LogP) is 1.51. The van der Waals surface area contributed by atoms with Crippen molar-refractivity contribution in [1.29, 1.82) is 0 Å². The largest absolute Gasteiger partial charge is 0.318 e. The fourth-order valence-electron chi connectivity index (χ4n) is 2.95. The van der Waals surface area contributed by atoms with E-state index in [9.17, 15) is 4.79 Å². The summed E-state index contributed by atoms with van der Waals surface area (Å²) in [5, 5.41) is 7.08. The number of carbonyl (C=O) groups is 1. The standard InChI is InChI=1S/C10H13N3O2/c14-8-3-6-10(4-1-2-5-10)13(8)9-7-11-12-15-9/h7H,1-6H2. The molecule has 2 aliphatic rings. The SMILES string of the molecule is O=C1CCC2(CCCC2)N1c1cnno1. The maximum Gasteiger partial charge on any atom is 0.255 e. The van der Waals surface area contributed by atoms with Gasteiger partial charge in [-0.05, 0) is 19.3 Å². The number of carbonyl (C=O) groups excluding carboxylic acids is 1. The maximum absolute atomic E-state index is 11.8. The first kappa shape index (κ1) is 8.88. The molecule has 1 spiro atoms. The van der Waals surface area contributed by atoms with Crippen LogP contribution in [0.15, 0.2) is 10.7 Å². The van der Waals surface area contributed by atoms with Gasteiger partial charge in [-0.2, -0.15) is 0 Å². The van der Waals surface area contributed by atoms with E-state index < -0.39 is 0 Å². The molecule has 1 saturated carbocycles. The Morgan fingerprint density at radius 1 is 1.33 bits per heavy atom. The number of hydrogen-bond donors (Lipinski definition) is 0. The van der Waals surface area contributed by atoms with Gasteiger partial charge in [0.15, 0.2) is 0 Å². The molecule has 1 saturated heterocycles. The third-order valence-electron chi connectivity index (χ3n) is 3.63. The Kier molecular flexibility index (Phi) is 1.81. The summed E-state index contributed by atoms with van der Waals surface area (Å²) in [7, 11) is 0. The van der Waals surface area contributed by atoms with Crippen LogP contribution in [0.5, 0.6) is 0 Å². The van der Waals surface area contributed by atoms with Crippen LogP contribution in [0.3, 0.4) is 0 Å². The van der Waals surface area contributed by atoms with Crippen LogP contribution in [0.25, 0.3) is 0 Å². The molecule has 1 aromatic heterocycles. The Bertz CT molecular complexity index is 368. The van der Waals surface area contributed by atoms with E-state index in [4.69, 9.17) is 4.52 Å². The summed E-state index contributed by atoms with van der Waals surface area (Å²) in [5.41, 5.74) is 0.0122. The summed E-state index contributed by atoms with van der Waals surface area (Å²) in [6.45, 7) is 0. The molecule has 2 heterocycles. The Morgan fingerprint density at radius 3 is 2.80 bits per heavy atom. The van der Waals surface area contributed by atoms with Crippen LogP contribution < -0.4 is 4.90 Å². The second kappa shape index (κ2) is 3.05. The third-order valence-corrected chi connectivity index (χ3v) is 3.63. The molecule has 1 aromatic rings. The minimum Gasteiger partial charge on any atom is -0.318 e. The van der Waals surface area contributed by atoms with Crippen molar-refractivity contribution in [2.24, 2.45) is 0 Å². The van der Waals surface area contributed by atoms with Gasteiger partial charge >= 0.3 is 0 Å². The second-order valence-electron chi connectivity index (χ2n) is 4.42. The van der Waals surface area contributed by atoms with Crippen molar-refractivity contribution in [3.8, 4) is 0 Å². The molecule has 2 fully saturated rings. The molecule has 15 heavy (non-hydrogen) atoms. The van der Waals surface area contributed by atoms with Crippen molar-refractivity contribution < 1.29 is 9.32 Å². The Morgan fingerprint density at radius 2 is 2.13 bits per heavy atom. The van der Waals surface area contributed by atoms with Gasteiger partial charge in [0, 0.05) is 11.7 Å². The van der Waals surface area contributed by atoms with Gasteiger partial charge in [0.2, 0.25) is 5.91 Å². The van der Waals surface area contributed by atoms with E-state index in [1.165, 1.54) is 19.0 Å². The van der Waals surface area contributed by atoms with E-state index in [-0.39, 0.29) is 11.4 Å². The van der Waals surface area contributed by atoms with Gasteiger partial charge in [0.05, 0.1) is 5.54 Å². The molecular formula is C10H13N3O2. The highest BCUT2D eigenvalue weighted by Gasteiger charge is 2.49. The van der Waals surface area contributed by atoms with Crippen molar-refractivity contribution in [3.05, 3.63) is 6.20 Å². The summed E-state index contributed by atoms with van der Waals surface area (Å²) in [6, 6.07) is 0. The second-order valence-corrected chi connectivity index (χ2v) is 4.42. The quantitative estimate of drug-likeness (QED) is 0.700. The molecule has 0 bridgehead atoms. The lowest BCUT2D eigenvalue weighted by Gasteiger charge is -2.32. The molecule has 0 atom stereocenters. The summed E-state index contributed by atoms with van der Waals surface area (Å²) in [5.74, 6) is 0.662. The third kappa shape index (κ3) is 1.19. The zero-order chi connectivity index (χ0) is 10.3. The van der Waals surface area contributed by atoms with E-state index in [1.807, 2.05) is 0 Å². The molecule has 1 aliphatic carbocycles. The van der Waals surface area contributed by atoms with Gasteiger partial charge in [-0.1, -0.05) is 12.8 Å². The first-order chi connectivity index (χ1) is 7.32. The van der Waals surface area contributed by atoms with Gasteiger partial charge in [0.1, 0.15) is 6.20 Å². The van der Waals surface area contributed by atoms with Crippen LogP contribution in [-0.4, -0.2) is 21.8 Å². The van der Waals surface area contributed by atoms with E-state index in [2.05, 4.69) is 10.4 Å². The topological polar surface area (TPSA) is 59.2 Å². The average molecular weight is 207 g/mol. The summed E-state index contributed by atoms with van der Waals surface area (Å²) >= 11 is 0. The van der Waals surface area contributed by atoms with Crippen LogP contribution in [0, 0.1) is 0 Å². The Balaban J connectivity index is 1.99. The number of amides is 1. The molecule has 1 aliphatic heterocycles. The Labute approximate surface area is 87.4 Å². The summed E-state index contributed by atoms with van der Waals surface area (Å²) < 4.78 is 5.02. The molecule has 3 rings (SSSR count). The molecule has 5 nitrogen and oxygen atoms in total. The molecule has 0 unspecified atom stereocenters. The van der Waals surface area contributed by atoms with Crippen molar-refractivity contribution in [2.45, 2.75) is 44.1 Å². The maximum atomic E-state index is 11.8. The van der Waals surface area contributed by atoms with Gasteiger partial charge in [-0.3, -0.25) is 9.69 Å². The first-order valence-electron chi connectivity index (χ1n) is 5.42. The lowest BCUT2D eigenvalue weighted by molar-refractivity contribution is -0.117. The van der Waals surface area contributed by atoms with Crippen LogP contribution in [-0.2, 0) is 4.79 Å².